The third-order valence-electron chi connectivity index (χ3n) is 2.15. The van der Waals surface area contributed by atoms with Crippen molar-refractivity contribution in [3.8, 4) is 0 Å². The van der Waals surface area contributed by atoms with Gasteiger partial charge >= 0.3 is 0 Å². The summed E-state index contributed by atoms with van der Waals surface area (Å²) in [4.78, 5) is 0. The summed E-state index contributed by atoms with van der Waals surface area (Å²) < 4.78 is 7.21. The first-order valence-electron chi connectivity index (χ1n) is 3.91. The SMILES string of the molecule is CCn1cc(C2(C)CO2)cn1. The van der Waals surface area contributed by atoms with E-state index < -0.39 is 0 Å². The van der Waals surface area contributed by atoms with Gasteiger partial charge < -0.3 is 4.74 Å². The number of nitrogens with zero attached hydrogens (tertiary/aromatic N) is 2. The molecule has 3 nitrogen and oxygen atoms in total. The minimum atomic E-state index is -0.0204. The molecule has 1 aromatic rings. The van der Waals surface area contributed by atoms with Crippen LogP contribution in [0.2, 0.25) is 0 Å². The van der Waals surface area contributed by atoms with Crippen molar-refractivity contribution in [1.29, 1.82) is 0 Å². The van der Waals surface area contributed by atoms with Gasteiger partial charge in [-0.3, -0.25) is 4.68 Å². The Kier molecular flexibility index (Phi) is 1.29. The highest BCUT2D eigenvalue weighted by molar-refractivity contribution is 5.19. The van der Waals surface area contributed by atoms with Gasteiger partial charge in [0.25, 0.3) is 0 Å². The third-order valence-corrected chi connectivity index (χ3v) is 2.15. The van der Waals surface area contributed by atoms with Crippen LogP contribution >= 0.6 is 0 Å². The van der Waals surface area contributed by atoms with Gasteiger partial charge in [-0.1, -0.05) is 0 Å². The van der Waals surface area contributed by atoms with E-state index in [1.807, 2.05) is 17.1 Å². The number of aromatic nitrogens is 2. The van der Waals surface area contributed by atoms with Crippen LogP contribution < -0.4 is 0 Å². The largest absolute Gasteiger partial charge is 0.365 e. The van der Waals surface area contributed by atoms with Gasteiger partial charge in [0, 0.05) is 18.3 Å². The number of ether oxygens (including phenoxy) is 1. The summed E-state index contributed by atoms with van der Waals surface area (Å²) in [6, 6.07) is 0. The molecule has 2 heterocycles. The Morgan fingerprint density at radius 2 is 2.55 bits per heavy atom. The van der Waals surface area contributed by atoms with Crippen molar-refractivity contribution in [2.75, 3.05) is 6.61 Å². The van der Waals surface area contributed by atoms with E-state index in [1.54, 1.807) is 0 Å². The van der Waals surface area contributed by atoms with Gasteiger partial charge in [-0.05, 0) is 13.8 Å². The van der Waals surface area contributed by atoms with E-state index in [0.717, 1.165) is 13.2 Å². The van der Waals surface area contributed by atoms with Crippen LogP contribution in [-0.2, 0) is 16.9 Å². The average Bonchev–Trinajstić information content (AvgIpc) is 2.61. The molecule has 0 aliphatic carbocycles. The molecule has 0 spiro atoms. The van der Waals surface area contributed by atoms with E-state index >= 15 is 0 Å². The van der Waals surface area contributed by atoms with E-state index in [0.29, 0.717) is 0 Å². The second kappa shape index (κ2) is 2.08. The fourth-order valence-corrected chi connectivity index (χ4v) is 1.08. The van der Waals surface area contributed by atoms with Gasteiger partial charge in [-0.15, -0.1) is 0 Å². The zero-order valence-corrected chi connectivity index (χ0v) is 6.87. The van der Waals surface area contributed by atoms with Gasteiger partial charge in [0.15, 0.2) is 0 Å². The maximum absolute atomic E-state index is 5.29. The molecule has 60 valence electrons. The van der Waals surface area contributed by atoms with E-state index in [4.69, 9.17) is 4.74 Å². The first-order valence-corrected chi connectivity index (χ1v) is 3.91. The standard InChI is InChI=1S/C8H12N2O/c1-3-10-5-7(4-9-10)8(2)6-11-8/h4-5H,3,6H2,1-2H3. The molecule has 1 aliphatic heterocycles. The molecule has 0 radical (unpaired) electrons. The van der Waals surface area contributed by atoms with E-state index in [-0.39, 0.29) is 5.60 Å². The molecule has 3 heteroatoms. The van der Waals surface area contributed by atoms with Crippen molar-refractivity contribution < 1.29 is 4.74 Å². The fraction of sp³-hybridized carbons (Fsp3) is 0.625. The summed E-state index contributed by atoms with van der Waals surface area (Å²) in [5.74, 6) is 0. The Hall–Kier alpha value is -0.830. The summed E-state index contributed by atoms with van der Waals surface area (Å²) in [6.45, 7) is 5.93. The summed E-state index contributed by atoms with van der Waals surface area (Å²) in [6.07, 6.45) is 3.93. The van der Waals surface area contributed by atoms with Crippen LogP contribution in [0.3, 0.4) is 0 Å². The van der Waals surface area contributed by atoms with Crippen molar-refractivity contribution in [3.05, 3.63) is 18.0 Å². The number of epoxide rings is 1. The van der Waals surface area contributed by atoms with Crippen LogP contribution in [0, 0.1) is 0 Å². The third kappa shape index (κ3) is 1.05. The Morgan fingerprint density at radius 1 is 1.82 bits per heavy atom. The lowest BCUT2D eigenvalue weighted by atomic mass is 10.1. The summed E-state index contributed by atoms with van der Waals surface area (Å²) in [7, 11) is 0. The predicted molar refractivity (Wildman–Crippen MR) is 41.2 cm³/mol. The highest BCUT2D eigenvalue weighted by Crippen LogP contribution is 2.37. The molecular formula is C8H12N2O. The van der Waals surface area contributed by atoms with E-state index in [9.17, 15) is 0 Å². The highest BCUT2D eigenvalue weighted by atomic mass is 16.6. The molecule has 0 aromatic carbocycles. The molecule has 0 N–H and O–H groups in total. The quantitative estimate of drug-likeness (QED) is 0.595. The lowest BCUT2D eigenvalue weighted by Gasteiger charge is -1.97. The van der Waals surface area contributed by atoms with Crippen molar-refractivity contribution in [2.45, 2.75) is 26.0 Å². The number of hydrogen-bond donors (Lipinski definition) is 0. The number of hydrogen-bond acceptors (Lipinski definition) is 2. The molecule has 1 saturated heterocycles. The Balaban J connectivity index is 2.25. The van der Waals surface area contributed by atoms with Crippen molar-refractivity contribution in [3.63, 3.8) is 0 Å². The first kappa shape index (κ1) is 6.85. The van der Waals surface area contributed by atoms with Crippen molar-refractivity contribution in [1.82, 2.24) is 9.78 Å². The van der Waals surface area contributed by atoms with Crippen LogP contribution in [0.15, 0.2) is 12.4 Å². The number of aryl methyl sites for hydroxylation is 1. The van der Waals surface area contributed by atoms with Crippen molar-refractivity contribution >= 4 is 0 Å². The Bertz CT molecular complexity index is 263. The minimum absolute atomic E-state index is 0.0204. The summed E-state index contributed by atoms with van der Waals surface area (Å²) in [5.41, 5.74) is 1.17. The minimum Gasteiger partial charge on any atom is -0.365 e. The molecule has 2 rings (SSSR count). The smallest absolute Gasteiger partial charge is 0.117 e. The molecule has 1 fully saturated rings. The molecule has 1 atom stereocenters. The second-order valence-electron chi connectivity index (χ2n) is 3.10. The maximum Gasteiger partial charge on any atom is 0.117 e. The average molecular weight is 152 g/mol. The van der Waals surface area contributed by atoms with E-state index in [1.165, 1.54) is 5.56 Å². The van der Waals surface area contributed by atoms with Crippen LogP contribution in [0.5, 0.6) is 0 Å². The van der Waals surface area contributed by atoms with Crippen molar-refractivity contribution in [2.24, 2.45) is 0 Å². The first-order chi connectivity index (χ1) is 5.24. The lowest BCUT2D eigenvalue weighted by molar-refractivity contribution is 0.329. The number of rotatable bonds is 2. The molecule has 0 amide bonds. The van der Waals surface area contributed by atoms with Gasteiger partial charge in [0.1, 0.15) is 5.60 Å². The van der Waals surface area contributed by atoms with Gasteiger partial charge in [-0.25, -0.2) is 0 Å². The fourth-order valence-electron chi connectivity index (χ4n) is 1.08. The second-order valence-corrected chi connectivity index (χ2v) is 3.10. The maximum atomic E-state index is 5.29. The highest BCUT2D eigenvalue weighted by Gasteiger charge is 2.42. The Morgan fingerprint density at radius 3 is 3.00 bits per heavy atom. The van der Waals surface area contributed by atoms with Gasteiger partial charge in [-0.2, -0.15) is 5.10 Å². The normalized spacial score (nSPS) is 28.9. The van der Waals surface area contributed by atoms with Crippen LogP contribution in [-0.4, -0.2) is 16.4 Å². The molecule has 11 heavy (non-hydrogen) atoms. The van der Waals surface area contributed by atoms with Crippen LogP contribution in [0.1, 0.15) is 19.4 Å². The molecular weight excluding hydrogens is 140 g/mol. The van der Waals surface area contributed by atoms with Gasteiger partial charge in [0.05, 0.1) is 12.8 Å². The molecule has 0 saturated carbocycles. The molecule has 0 bridgehead atoms. The molecule has 1 unspecified atom stereocenters. The van der Waals surface area contributed by atoms with Crippen LogP contribution in [0.25, 0.3) is 0 Å². The van der Waals surface area contributed by atoms with Crippen LogP contribution in [0.4, 0.5) is 0 Å². The van der Waals surface area contributed by atoms with Gasteiger partial charge in [0.2, 0.25) is 0 Å². The zero-order chi connectivity index (χ0) is 7.90. The lowest BCUT2D eigenvalue weighted by Crippen LogP contribution is -2.00. The topological polar surface area (TPSA) is 30.4 Å². The summed E-state index contributed by atoms with van der Waals surface area (Å²) >= 11 is 0. The molecule has 1 aliphatic rings. The summed E-state index contributed by atoms with van der Waals surface area (Å²) in [5, 5.41) is 4.18. The predicted octanol–water partition coefficient (Wildman–Crippen LogP) is 1.15. The zero-order valence-electron chi connectivity index (χ0n) is 6.87. The Labute approximate surface area is 66.0 Å². The monoisotopic (exact) mass is 152 g/mol. The van der Waals surface area contributed by atoms with E-state index in [2.05, 4.69) is 18.9 Å². The molecule has 1 aromatic heterocycles.